The van der Waals surface area contributed by atoms with Gasteiger partial charge in [0.25, 0.3) is 10.2 Å². The van der Waals surface area contributed by atoms with Gasteiger partial charge < -0.3 is 5.32 Å². The van der Waals surface area contributed by atoms with E-state index in [-0.39, 0.29) is 6.04 Å². The normalized spacial score (nSPS) is 22.0. The van der Waals surface area contributed by atoms with E-state index in [1.807, 2.05) is 7.05 Å². The van der Waals surface area contributed by atoms with Crippen molar-refractivity contribution in [3.8, 4) is 0 Å². The fourth-order valence-electron chi connectivity index (χ4n) is 2.60. The Kier molecular flexibility index (Phi) is 7.28. The van der Waals surface area contributed by atoms with Crippen LogP contribution in [0.1, 0.15) is 45.4 Å². The molecule has 0 amide bonds. The fraction of sp³-hybridized carbons (Fsp3) is 1.00. The maximum Gasteiger partial charge on any atom is 0.282 e. The van der Waals surface area contributed by atoms with Crippen LogP contribution in [0, 0.1) is 0 Å². The number of likely N-dealkylation sites (N-methyl/N-ethyl adjacent to an activating group) is 1. The average molecular weight is 291 g/mol. The molecular formula is C13H29N3O2S. The molecular weight excluding hydrogens is 262 g/mol. The molecule has 5 nitrogen and oxygen atoms in total. The lowest BCUT2D eigenvalue weighted by Crippen LogP contribution is -2.52. The molecule has 1 N–H and O–H groups in total. The van der Waals surface area contributed by atoms with E-state index in [0.29, 0.717) is 13.1 Å². The van der Waals surface area contributed by atoms with Crippen LogP contribution in [-0.2, 0) is 10.2 Å². The summed E-state index contributed by atoms with van der Waals surface area (Å²) < 4.78 is 28.4. The summed E-state index contributed by atoms with van der Waals surface area (Å²) in [6, 6.07) is 0.109. The Labute approximate surface area is 118 Å². The highest BCUT2D eigenvalue weighted by atomic mass is 32.2. The lowest BCUT2D eigenvalue weighted by atomic mass is 10.1. The van der Waals surface area contributed by atoms with E-state index >= 15 is 0 Å². The zero-order chi connectivity index (χ0) is 14.3. The second-order valence-corrected chi connectivity index (χ2v) is 7.34. The molecule has 0 aromatic carbocycles. The Morgan fingerprint density at radius 2 is 2.05 bits per heavy atom. The number of rotatable bonds is 8. The SMILES string of the molecule is CCCCCN(C)S(=O)(=O)N1CCCCC1CNC. The molecule has 0 aromatic rings. The van der Waals surface area contributed by atoms with Crippen LogP contribution in [0.4, 0.5) is 0 Å². The molecule has 1 saturated heterocycles. The first kappa shape index (κ1) is 16.9. The van der Waals surface area contributed by atoms with Gasteiger partial charge in [-0.2, -0.15) is 17.0 Å². The van der Waals surface area contributed by atoms with E-state index in [2.05, 4.69) is 12.2 Å². The summed E-state index contributed by atoms with van der Waals surface area (Å²) in [6.45, 7) is 4.15. The highest BCUT2D eigenvalue weighted by Gasteiger charge is 2.34. The van der Waals surface area contributed by atoms with E-state index in [4.69, 9.17) is 0 Å². The molecule has 1 fully saturated rings. The maximum absolute atomic E-state index is 12.6. The summed E-state index contributed by atoms with van der Waals surface area (Å²) in [6.07, 6.45) is 6.19. The lowest BCUT2D eigenvalue weighted by Gasteiger charge is -2.37. The van der Waals surface area contributed by atoms with E-state index in [9.17, 15) is 8.42 Å². The molecule has 1 atom stereocenters. The second-order valence-electron chi connectivity index (χ2n) is 5.35. The van der Waals surface area contributed by atoms with Gasteiger partial charge in [-0.1, -0.05) is 26.2 Å². The van der Waals surface area contributed by atoms with Gasteiger partial charge in [-0.15, -0.1) is 0 Å². The minimum Gasteiger partial charge on any atom is -0.318 e. The van der Waals surface area contributed by atoms with Crippen molar-refractivity contribution in [3.63, 3.8) is 0 Å². The molecule has 1 rings (SSSR count). The molecule has 0 aliphatic carbocycles. The Balaban J connectivity index is 2.67. The molecule has 0 aromatic heterocycles. The molecule has 1 aliphatic rings. The first-order valence-electron chi connectivity index (χ1n) is 7.41. The first-order chi connectivity index (χ1) is 9.04. The fourth-order valence-corrected chi connectivity index (χ4v) is 4.23. The van der Waals surface area contributed by atoms with E-state index in [1.54, 1.807) is 11.4 Å². The van der Waals surface area contributed by atoms with Crippen molar-refractivity contribution in [1.29, 1.82) is 0 Å². The minimum atomic E-state index is -3.29. The van der Waals surface area contributed by atoms with E-state index in [1.165, 1.54) is 4.31 Å². The van der Waals surface area contributed by atoms with Gasteiger partial charge in [0, 0.05) is 32.7 Å². The van der Waals surface area contributed by atoms with Gasteiger partial charge in [0.05, 0.1) is 0 Å². The molecule has 0 radical (unpaired) electrons. The van der Waals surface area contributed by atoms with Crippen molar-refractivity contribution >= 4 is 10.2 Å². The molecule has 19 heavy (non-hydrogen) atoms. The summed E-state index contributed by atoms with van der Waals surface area (Å²) >= 11 is 0. The second kappa shape index (κ2) is 8.19. The molecule has 0 bridgehead atoms. The summed E-state index contributed by atoms with van der Waals surface area (Å²) in [4.78, 5) is 0. The number of hydrogen-bond donors (Lipinski definition) is 1. The van der Waals surface area contributed by atoms with Gasteiger partial charge in [0.1, 0.15) is 0 Å². The van der Waals surface area contributed by atoms with Gasteiger partial charge >= 0.3 is 0 Å². The number of unbranched alkanes of at least 4 members (excludes halogenated alkanes) is 2. The van der Waals surface area contributed by atoms with Crippen LogP contribution in [0.2, 0.25) is 0 Å². The monoisotopic (exact) mass is 291 g/mol. The third-order valence-electron chi connectivity index (χ3n) is 3.78. The first-order valence-corrected chi connectivity index (χ1v) is 8.81. The lowest BCUT2D eigenvalue weighted by molar-refractivity contribution is 0.233. The van der Waals surface area contributed by atoms with Crippen LogP contribution in [-0.4, -0.2) is 56.8 Å². The summed E-state index contributed by atoms with van der Waals surface area (Å²) in [5.74, 6) is 0. The average Bonchev–Trinajstić information content (AvgIpc) is 2.39. The Morgan fingerprint density at radius 1 is 1.32 bits per heavy atom. The minimum absolute atomic E-state index is 0.109. The zero-order valence-electron chi connectivity index (χ0n) is 12.6. The van der Waals surface area contributed by atoms with Gasteiger partial charge in [-0.3, -0.25) is 0 Å². The summed E-state index contributed by atoms with van der Waals surface area (Å²) in [7, 11) is 0.297. The quantitative estimate of drug-likeness (QED) is 0.688. The van der Waals surface area contributed by atoms with Crippen molar-refractivity contribution in [2.24, 2.45) is 0 Å². The Hall–Kier alpha value is -0.170. The predicted molar refractivity (Wildman–Crippen MR) is 79.3 cm³/mol. The van der Waals surface area contributed by atoms with Gasteiger partial charge in [0.2, 0.25) is 0 Å². The largest absolute Gasteiger partial charge is 0.318 e. The standard InChI is InChI=1S/C13H29N3O2S/c1-4-5-7-10-15(3)19(17,18)16-11-8-6-9-13(16)12-14-2/h13-14H,4-12H2,1-3H3. The van der Waals surface area contributed by atoms with Crippen molar-refractivity contribution in [2.45, 2.75) is 51.5 Å². The molecule has 1 aliphatic heterocycles. The zero-order valence-corrected chi connectivity index (χ0v) is 13.4. The van der Waals surface area contributed by atoms with E-state index in [0.717, 1.165) is 45.1 Å². The topological polar surface area (TPSA) is 52.7 Å². The molecule has 6 heteroatoms. The van der Waals surface area contributed by atoms with Crippen molar-refractivity contribution in [3.05, 3.63) is 0 Å². The molecule has 0 spiro atoms. The van der Waals surface area contributed by atoms with Crippen LogP contribution in [0.25, 0.3) is 0 Å². The van der Waals surface area contributed by atoms with Crippen molar-refractivity contribution in [1.82, 2.24) is 13.9 Å². The predicted octanol–water partition coefficient (Wildman–Crippen LogP) is 1.43. The third-order valence-corrected chi connectivity index (χ3v) is 5.82. The van der Waals surface area contributed by atoms with Crippen molar-refractivity contribution < 1.29 is 8.42 Å². The Morgan fingerprint density at radius 3 is 2.68 bits per heavy atom. The highest BCUT2D eigenvalue weighted by molar-refractivity contribution is 7.86. The van der Waals surface area contributed by atoms with Crippen LogP contribution < -0.4 is 5.32 Å². The number of hydrogen-bond acceptors (Lipinski definition) is 3. The van der Waals surface area contributed by atoms with Gasteiger partial charge in [0.15, 0.2) is 0 Å². The van der Waals surface area contributed by atoms with Crippen LogP contribution in [0.3, 0.4) is 0 Å². The molecule has 0 saturated carbocycles. The smallest absolute Gasteiger partial charge is 0.282 e. The molecule has 114 valence electrons. The summed E-state index contributed by atoms with van der Waals surface area (Å²) in [5.41, 5.74) is 0. The van der Waals surface area contributed by atoms with Crippen LogP contribution >= 0.6 is 0 Å². The number of piperidine rings is 1. The van der Waals surface area contributed by atoms with Crippen LogP contribution in [0.5, 0.6) is 0 Å². The molecule has 1 unspecified atom stereocenters. The van der Waals surface area contributed by atoms with Gasteiger partial charge in [-0.05, 0) is 26.3 Å². The summed E-state index contributed by atoms with van der Waals surface area (Å²) in [5, 5.41) is 3.11. The third kappa shape index (κ3) is 4.70. The number of nitrogens with zero attached hydrogens (tertiary/aromatic N) is 2. The van der Waals surface area contributed by atoms with E-state index < -0.39 is 10.2 Å². The van der Waals surface area contributed by atoms with Gasteiger partial charge in [-0.25, -0.2) is 0 Å². The Bertz CT molecular complexity index is 344. The van der Waals surface area contributed by atoms with Crippen molar-refractivity contribution in [2.75, 3.05) is 33.7 Å². The maximum atomic E-state index is 12.6. The number of nitrogens with one attached hydrogen (secondary N) is 1. The molecule has 1 heterocycles. The van der Waals surface area contributed by atoms with Crippen LogP contribution in [0.15, 0.2) is 0 Å². The highest BCUT2D eigenvalue weighted by Crippen LogP contribution is 2.22.